The number of aliphatic hydroxyl groups excluding tert-OH is 2. The zero-order valence-corrected chi connectivity index (χ0v) is 50.4. The van der Waals surface area contributed by atoms with Gasteiger partial charge in [0.1, 0.15) is 25.4 Å². The lowest BCUT2D eigenvalue weighted by Crippen LogP contribution is -2.30. The maximum atomic E-state index is 12.8. The van der Waals surface area contributed by atoms with Crippen LogP contribution in [0.5, 0.6) is 0 Å². The van der Waals surface area contributed by atoms with E-state index in [9.17, 15) is 43.5 Å². The summed E-state index contributed by atoms with van der Waals surface area (Å²) < 4.78 is 60.6. The molecule has 0 saturated heterocycles. The summed E-state index contributed by atoms with van der Waals surface area (Å²) in [5, 5.41) is 20.4. The van der Waals surface area contributed by atoms with Crippen molar-refractivity contribution in [3.63, 3.8) is 0 Å². The molecule has 77 heavy (non-hydrogen) atoms. The number of carbonyl (C=O) groups is 3. The number of allylic oxidation sites excluding steroid dienone is 4. The molecule has 454 valence electrons. The summed E-state index contributed by atoms with van der Waals surface area (Å²) in [6.45, 7) is 2.61. The second-order valence-corrected chi connectivity index (χ2v) is 23.8. The highest BCUT2D eigenvalue weighted by molar-refractivity contribution is 7.47. The van der Waals surface area contributed by atoms with Crippen molar-refractivity contribution in [1.82, 2.24) is 0 Å². The summed E-state index contributed by atoms with van der Waals surface area (Å²) in [7, 11) is -9.74. The molecular formula is C59H112O16P2. The van der Waals surface area contributed by atoms with Crippen LogP contribution >= 0.6 is 15.6 Å². The molecule has 5 unspecified atom stereocenters. The Kier molecular flexibility index (Phi) is 53.2. The second kappa shape index (κ2) is 54.6. The monoisotopic (exact) mass is 1140 g/mol. The molecule has 0 aromatic carbocycles. The van der Waals surface area contributed by atoms with Gasteiger partial charge in [-0.3, -0.25) is 32.5 Å². The van der Waals surface area contributed by atoms with Gasteiger partial charge in [-0.1, -0.05) is 238 Å². The standard InChI is InChI=1S/C59H112O16P2/c1-4-7-10-13-16-19-22-25-26-29-31-33-36-39-42-45-57(62)69-48-54(60)49-71-76(65,66)72-50-55(61)51-73-77(67,68)74-53-56(75-59(64)47-44-41-38-35-32-28-24-21-18-15-12-9-6-3)52-70-58(63)46-43-40-37-34-30-27-23-20-17-14-11-8-5-2/h11,14,20,23,54-56,60-61H,4-10,12-13,15-19,21-22,24-53H2,1-3H3,(H,65,66)(H,67,68)/b14-11-,23-20-. The van der Waals surface area contributed by atoms with Gasteiger partial charge in [-0.05, 0) is 44.9 Å². The molecule has 0 aromatic heterocycles. The average molecular weight is 1140 g/mol. The Morgan fingerprint density at radius 3 is 1.06 bits per heavy atom. The van der Waals surface area contributed by atoms with Crippen LogP contribution in [0.1, 0.15) is 278 Å². The molecule has 0 aliphatic carbocycles. The summed E-state index contributed by atoms with van der Waals surface area (Å²) in [6, 6.07) is 0. The number of esters is 3. The minimum Gasteiger partial charge on any atom is -0.463 e. The van der Waals surface area contributed by atoms with Crippen molar-refractivity contribution in [2.24, 2.45) is 0 Å². The number of phosphoric acid groups is 2. The number of unbranched alkanes of at least 4 members (excludes halogenated alkanes) is 32. The lowest BCUT2D eigenvalue weighted by molar-refractivity contribution is -0.161. The number of ether oxygens (including phenoxy) is 3. The van der Waals surface area contributed by atoms with Crippen LogP contribution in [0.3, 0.4) is 0 Å². The Morgan fingerprint density at radius 2 is 0.675 bits per heavy atom. The van der Waals surface area contributed by atoms with Crippen molar-refractivity contribution in [1.29, 1.82) is 0 Å². The van der Waals surface area contributed by atoms with E-state index in [4.69, 9.17) is 32.3 Å². The van der Waals surface area contributed by atoms with Crippen molar-refractivity contribution in [3.05, 3.63) is 24.3 Å². The topological polar surface area (TPSA) is 231 Å². The third-order valence-corrected chi connectivity index (χ3v) is 15.1. The molecule has 0 saturated carbocycles. The van der Waals surface area contributed by atoms with E-state index in [1.54, 1.807) is 0 Å². The maximum Gasteiger partial charge on any atom is 0.472 e. The molecule has 0 bridgehead atoms. The summed E-state index contributed by atoms with van der Waals surface area (Å²) in [5.74, 6) is -1.57. The molecule has 0 heterocycles. The molecule has 0 rings (SSSR count). The van der Waals surface area contributed by atoms with Crippen LogP contribution in [-0.2, 0) is 55.8 Å². The highest BCUT2D eigenvalue weighted by atomic mass is 31.2. The molecule has 4 N–H and O–H groups in total. The van der Waals surface area contributed by atoms with Crippen molar-refractivity contribution >= 4 is 33.6 Å². The first-order valence-corrected chi connectivity index (χ1v) is 33.6. The van der Waals surface area contributed by atoms with E-state index in [-0.39, 0.29) is 19.3 Å². The fourth-order valence-electron chi connectivity index (χ4n) is 8.43. The molecule has 18 heteroatoms. The van der Waals surface area contributed by atoms with E-state index in [1.165, 1.54) is 122 Å². The van der Waals surface area contributed by atoms with Crippen LogP contribution in [0.2, 0.25) is 0 Å². The van der Waals surface area contributed by atoms with E-state index >= 15 is 0 Å². The molecule has 0 radical (unpaired) electrons. The lowest BCUT2D eigenvalue weighted by atomic mass is 10.0. The molecule has 5 atom stereocenters. The van der Waals surface area contributed by atoms with Crippen molar-refractivity contribution in [3.8, 4) is 0 Å². The number of rotatable bonds is 59. The summed E-state index contributed by atoms with van der Waals surface area (Å²) in [6.07, 6.45) is 46.7. The Balaban J connectivity index is 4.65. The third-order valence-electron chi connectivity index (χ3n) is 13.2. The summed E-state index contributed by atoms with van der Waals surface area (Å²) >= 11 is 0. The van der Waals surface area contributed by atoms with Gasteiger partial charge in [0.15, 0.2) is 6.10 Å². The number of carbonyl (C=O) groups excluding carboxylic acids is 3. The highest BCUT2D eigenvalue weighted by Gasteiger charge is 2.29. The van der Waals surface area contributed by atoms with Gasteiger partial charge in [-0.15, -0.1) is 0 Å². The summed E-state index contributed by atoms with van der Waals surface area (Å²) in [4.78, 5) is 58.0. The smallest absolute Gasteiger partial charge is 0.463 e. The average Bonchev–Trinajstić information content (AvgIpc) is 3.40. The second-order valence-electron chi connectivity index (χ2n) is 20.9. The molecule has 0 aromatic rings. The predicted molar refractivity (Wildman–Crippen MR) is 307 cm³/mol. The van der Waals surface area contributed by atoms with Crippen molar-refractivity contribution in [2.45, 2.75) is 296 Å². The fourth-order valence-corrected chi connectivity index (χ4v) is 10.0. The number of aliphatic hydroxyl groups is 2. The number of hydrogen-bond acceptors (Lipinski definition) is 14. The Labute approximate surface area is 467 Å². The fraction of sp³-hybridized carbons (Fsp3) is 0.881. The van der Waals surface area contributed by atoms with Crippen LogP contribution < -0.4 is 0 Å². The van der Waals surface area contributed by atoms with Crippen LogP contribution in [0.25, 0.3) is 0 Å². The van der Waals surface area contributed by atoms with Gasteiger partial charge in [0.2, 0.25) is 0 Å². The van der Waals surface area contributed by atoms with E-state index in [1.807, 2.05) is 0 Å². The van der Waals surface area contributed by atoms with E-state index in [0.29, 0.717) is 19.3 Å². The zero-order valence-electron chi connectivity index (χ0n) is 48.7. The van der Waals surface area contributed by atoms with Crippen molar-refractivity contribution in [2.75, 3.05) is 39.6 Å². The van der Waals surface area contributed by atoms with Gasteiger partial charge in [0, 0.05) is 19.3 Å². The molecular weight excluding hydrogens is 1030 g/mol. The van der Waals surface area contributed by atoms with E-state index < -0.39 is 91.5 Å². The molecule has 0 fully saturated rings. The van der Waals surface area contributed by atoms with E-state index in [2.05, 4.69) is 45.1 Å². The van der Waals surface area contributed by atoms with Gasteiger partial charge < -0.3 is 34.2 Å². The van der Waals surface area contributed by atoms with Crippen LogP contribution in [-0.4, -0.2) is 95.9 Å². The van der Waals surface area contributed by atoms with Gasteiger partial charge in [0.05, 0.1) is 26.4 Å². The Morgan fingerprint density at radius 1 is 0.364 bits per heavy atom. The van der Waals surface area contributed by atoms with Gasteiger partial charge in [0.25, 0.3) is 0 Å². The molecule has 0 aliphatic rings. The summed E-state index contributed by atoms with van der Waals surface area (Å²) in [5.41, 5.74) is 0. The van der Waals surface area contributed by atoms with Crippen molar-refractivity contribution < 1.29 is 75.8 Å². The van der Waals surface area contributed by atoms with Crippen LogP contribution in [0.15, 0.2) is 24.3 Å². The third kappa shape index (κ3) is 55.7. The van der Waals surface area contributed by atoms with Gasteiger partial charge >= 0.3 is 33.6 Å². The zero-order chi connectivity index (χ0) is 56.8. The molecule has 16 nitrogen and oxygen atoms in total. The molecule has 0 amide bonds. The number of phosphoric ester groups is 2. The SMILES string of the molecule is CCC/C=C\C/C=C\CCCCCCCC(=O)OCC(COP(=O)(O)OCC(O)COP(=O)(O)OCC(O)COC(=O)CCCCCCCCCCCCCCCCC)OC(=O)CCCCCCCCCCCCCCC. The predicted octanol–water partition coefficient (Wildman–Crippen LogP) is 15.7. The minimum atomic E-state index is -4.91. The van der Waals surface area contributed by atoms with Gasteiger partial charge in [-0.2, -0.15) is 0 Å². The first-order valence-electron chi connectivity index (χ1n) is 30.6. The minimum absolute atomic E-state index is 0.109. The molecule has 0 aliphatic heterocycles. The first-order chi connectivity index (χ1) is 37.2. The normalized spacial score (nSPS) is 14.6. The highest BCUT2D eigenvalue weighted by Crippen LogP contribution is 2.45. The number of hydrogen-bond donors (Lipinski definition) is 4. The maximum absolute atomic E-state index is 12.8. The van der Waals surface area contributed by atoms with Crippen LogP contribution in [0, 0.1) is 0 Å². The van der Waals surface area contributed by atoms with Gasteiger partial charge in [-0.25, -0.2) is 9.13 Å². The van der Waals surface area contributed by atoms with E-state index in [0.717, 1.165) is 96.3 Å². The Bertz CT molecular complexity index is 1530. The molecule has 0 spiro atoms. The quantitative estimate of drug-likeness (QED) is 0.0146. The largest absolute Gasteiger partial charge is 0.472 e. The lowest BCUT2D eigenvalue weighted by Gasteiger charge is -2.21. The Hall–Kier alpha value is -1.97. The first kappa shape index (κ1) is 75.0. The van der Waals surface area contributed by atoms with Crippen LogP contribution in [0.4, 0.5) is 0 Å².